The van der Waals surface area contributed by atoms with Crippen molar-refractivity contribution in [1.82, 2.24) is 5.32 Å². The van der Waals surface area contributed by atoms with Crippen molar-refractivity contribution in [1.29, 1.82) is 0 Å². The number of aryl methyl sites for hydroxylation is 1. The maximum atomic E-state index is 12.1. The average Bonchev–Trinajstić information content (AvgIpc) is 2.60. The molecule has 2 nitrogen and oxygen atoms in total. The van der Waals surface area contributed by atoms with Crippen LogP contribution in [0, 0.1) is 0 Å². The van der Waals surface area contributed by atoms with Crippen LogP contribution in [0.15, 0.2) is 67.2 Å². The number of Topliss-reactive ketones (excluding diaryl/α,β-unsaturated/α-hetero) is 1. The average molecular weight is 305 g/mol. The molecule has 0 spiro atoms. The molecule has 0 radical (unpaired) electrons. The Morgan fingerprint density at radius 2 is 1.65 bits per heavy atom. The normalized spacial score (nSPS) is 21.1. The Labute approximate surface area is 138 Å². The van der Waals surface area contributed by atoms with E-state index in [1.807, 2.05) is 24.3 Å². The molecule has 1 fully saturated rings. The summed E-state index contributed by atoms with van der Waals surface area (Å²) in [6.45, 7) is 4.22. The van der Waals surface area contributed by atoms with Gasteiger partial charge in [-0.3, -0.25) is 4.79 Å². The fourth-order valence-corrected chi connectivity index (χ4v) is 3.24. The molecular formula is C21H23NO. The number of rotatable bonds is 5. The van der Waals surface area contributed by atoms with Gasteiger partial charge in [0.25, 0.3) is 0 Å². The van der Waals surface area contributed by atoms with Crippen LogP contribution in [0.5, 0.6) is 0 Å². The van der Waals surface area contributed by atoms with Gasteiger partial charge in [0.1, 0.15) is 5.78 Å². The number of piperidine rings is 1. The summed E-state index contributed by atoms with van der Waals surface area (Å²) in [5.74, 6) is 0.337. The second-order valence-corrected chi connectivity index (χ2v) is 6.28. The largest absolute Gasteiger partial charge is 0.306 e. The van der Waals surface area contributed by atoms with Gasteiger partial charge in [0.05, 0.1) is 0 Å². The van der Waals surface area contributed by atoms with Crippen LogP contribution in [0.25, 0.3) is 5.57 Å². The molecule has 118 valence electrons. The molecule has 2 atom stereocenters. The van der Waals surface area contributed by atoms with Crippen LogP contribution in [-0.4, -0.2) is 17.9 Å². The van der Waals surface area contributed by atoms with E-state index in [0.717, 1.165) is 24.0 Å². The number of carbonyl (C=O) groups excluding carboxylic acids is 1. The van der Waals surface area contributed by atoms with Gasteiger partial charge in [0.15, 0.2) is 0 Å². The molecule has 2 aromatic carbocycles. The molecule has 1 saturated heterocycles. The first kappa shape index (κ1) is 15.7. The summed E-state index contributed by atoms with van der Waals surface area (Å²) in [4.78, 5) is 12.1. The standard InChI is InChI=1S/C21H23NO/c1-16(18-10-6-3-7-11-18)21-15-20(23)14-19(22-21)13-12-17-8-4-2-5-9-17/h2-11,19,21-22H,1,12-15H2. The number of hydrogen-bond donors (Lipinski definition) is 1. The minimum atomic E-state index is 0.0550. The topological polar surface area (TPSA) is 29.1 Å². The molecule has 3 rings (SSSR count). The summed E-state index contributed by atoms with van der Waals surface area (Å²) in [7, 11) is 0. The van der Waals surface area contributed by atoms with Crippen LogP contribution in [-0.2, 0) is 11.2 Å². The predicted octanol–water partition coefficient (Wildman–Crippen LogP) is 4.02. The first-order valence-electron chi connectivity index (χ1n) is 8.28. The van der Waals surface area contributed by atoms with E-state index < -0.39 is 0 Å². The van der Waals surface area contributed by atoms with E-state index in [-0.39, 0.29) is 12.1 Å². The SMILES string of the molecule is C=C(c1ccccc1)C1CC(=O)CC(CCc2ccccc2)N1. The molecule has 1 heterocycles. The molecule has 2 heteroatoms. The van der Waals surface area contributed by atoms with Crippen LogP contribution < -0.4 is 5.32 Å². The van der Waals surface area contributed by atoms with Gasteiger partial charge in [-0.15, -0.1) is 0 Å². The molecule has 0 bridgehead atoms. The van der Waals surface area contributed by atoms with E-state index >= 15 is 0 Å². The van der Waals surface area contributed by atoms with E-state index in [9.17, 15) is 4.79 Å². The number of carbonyl (C=O) groups is 1. The van der Waals surface area contributed by atoms with E-state index in [1.54, 1.807) is 0 Å². The fourth-order valence-electron chi connectivity index (χ4n) is 3.24. The summed E-state index contributed by atoms with van der Waals surface area (Å²) in [5, 5.41) is 3.63. The lowest BCUT2D eigenvalue weighted by Gasteiger charge is -2.31. The van der Waals surface area contributed by atoms with Crippen molar-refractivity contribution in [3.8, 4) is 0 Å². The van der Waals surface area contributed by atoms with Gasteiger partial charge in [-0.05, 0) is 29.5 Å². The van der Waals surface area contributed by atoms with Crippen LogP contribution in [0.4, 0.5) is 0 Å². The number of hydrogen-bond acceptors (Lipinski definition) is 2. The van der Waals surface area contributed by atoms with Crippen LogP contribution in [0.2, 0.25) is 0 Å². The van der Waals surface area contributed by atoms with Gasteiger partial charge in [-0.1, -0.05) is 67.2 Å². The summed E-state index contributed by atoms with van der Waals surface area (Å²) in [6.07, 6.45) is 3.16. The van der Waals surface area contributed by atoms with Crippen molar-refractivity contribution in [2.45, 2.75) is 37.8 Å². The Kier molecular flexibility index (Phi) is 5.04. The highest BCUT2D eigenvalue weighted by Gasteiger charge is 2.28. The lowest BCUT2D eigenvalue weighted by Crippen LogP contribution is -2.46. The molecule has 1 N–H and O–H groups in total. The molecule has 2 aromatic rings. The molecule has 23 heavy (non-hydrogen) atoms. The van der Waals surface area contributed by atoms with Crippen molar-refractivity contribution in [2.75, 3.05) is 0 Å². The van der Waals surface area contributed by atoms with Gasteiger partial charge in [-0.2, -0.15) is 0 Å². The van der Waals surface area contributed by atoms with E-state index in [0.29, 0.717) is 18.6 Å². The van der Waals surface area contributed by atoms with Crippen molar-refractivity contribution >= 4 is 11.4 Å². The Hall–Kier alpha value is -2.19. The second-order valence-electron chi connectivity index (χ2n) is 6.28. The fraction of sp³-hybridized carbons (Fsp3) is 0.286. The summed E-state index contributed by atoms with van der Waals surface area (Å²) >= 11 is 0. The van der Waals surface area contributed by atoms with Gasteiger partial charge < -0.3 is 5.32 Å². The Morgan fingerprint density at radius 3 is 2.35 bits per heavy atom. The number of benzene rings is 2. The summed E-state index contributed by atoms with van der Waals surface area (Å²) in [6, 6.07) is 20.9. The zero-order valence-corrected chi connectivity index (χ0v) is 13.4. The van der Waals surface area contributed by atoms with Crippen LogP contribution in [0.1, 0.15) is 30.4 Å². The van der Waals surface area contributed by atoms with E-state index in [2.05, 4.69) is 48.3 Å². The van der Waals surface area contributed by atoms with Crippen LogP contribution >= 0.6 is 0 Å². The lowest BCUT2D eigenvalue weighted by molar-refractivity contribution is -0.121. The minimum absolute atomic E-state index is 0.0550. The minimum Gasteiger partial charge on any atom is -0.306 e. The Balaban J connectivity index is 1.62. The highest BCUT2D eigenvalue weighted by Crippen LogP contribution is 2.24. The number of nitrogens with one attached hydrogen (secondary N) is 1. The van der Waals surface area contributed by atoms with Gasteiger partial charge in [0.2, 0.25) is 0 Å². The maximum absolute atomic E-state index is 12.1. The second kappa shape index (κ2) is 7.38. The smallest absolute Gasteiger partial charge is 0.136 e. The quantitative estimate of drug-likeness (QED) is 0.904. The highest BCUT2D eigenvalue weighted by molar-refractivity contribution is 5.84. The molecule has 0 aliphatic carbocycles. The molecule has 0 saturated carbocycles. The predicted molar refractivity (Wildman–Crippen MR) is 95.2 cm³/mol. The Morgan fingerprint density at radius 1 is 1.00 bits per heavy atom. The molecule has 2 unspecified atom stereocenters. The van der Waals surface area contributed by atoms with Crippen molar-refractivity contribution < 1.29 is 4.79 Å². The lowest BCUT2D eigenvalue weighted by atomic mass is 9.88. The first-order chi connectivity index (χ1) is 11.2. The molecule has 1 aliphatic heterocycles. The summed E-state index contributed by atoms with van der Waals surface area (Å²) < 4.78 is 0. The van der Waals surface area contributed by atoms with Crippen molar-refractivity contribution in [3.63, 3.8) is 0 Å². The van der Waals surface area contributed by atoms with Crippen LogP contribution in [0.3, 0.4) is 0 Å². The molecule has 1 aliphatic rings. The molecule has 0 amide bonds. The summed E-state index contributed by atoms with van der Waals surface area (Å²) in [5.41, 5.74) is 3.45. The van der Waals surface area contributed by atoms with Gasteiger partial charge >= 0.3 is 0 Å². The zero-order valence-electron chi connectivity index (χ0n) is 13.4. The first-order valence-corrected chi connectivity index (χ1v) is 8.28. The zero-order chi connectivity index (χ0) is 16.1. The molecular weight excluding hydrogens is 282 g/mol. The Bertz CT molecular complexity index is 663. The van der Waals surface area contributed by atoms with Crippen molar-refractivity contribution in [2.24, 2.45) is 0 Å². The van der Waals surface area contributed by atoms with E-state index in [1.165, 1.54) is 5.56 Å². The molecule has 0 aromatic heterocycles. The van der Waals surface area contributed by atoms with E-state index in [4.69, 9.17) is 0 Å². The van der Waals surface area contributed by atoms with Gasteiger partial charge in [-0.25, -0.2) is 0 Å². The third-order valence-corrected chi connectivity index (χ3v) is 4.53. The van der Waals surface area contributed by atoms with Gasteiger partial charge in [0, 0.05) is 24.9 Å². The highest BCUT2D eigenvalue weighted by atomic mass is 16.1. The van der Waals surface area contributed by atoms with Crippen molar-refractivity contribution in [3.05, 3.63) is 78.4 Å². The maximum Gasteiger partial charge on any atom is 0.136 e. The third kappa shape index (κ3) is 4.17. The third-order valence-electron chi connectivity index (χ3n) is 4.53. The monoisotopic (exact) mass is 305 g/mol. The number of ketones is 1.